The zero-order chi connectivity index (χ0) is 11.5. The average molecular weight is 233 g/mol. The average Bonchev–Trinajstić information content (AvgIpc) is 2.24. The van der Waals surface area contributed by atoms with E-state index in [0.717, 1.165) is 22.6 Å². The van der Waals surface area contributed by atoms with Crippen molar-refractivity contribution in [3.63, 3.8) is 0 Å². The molecule has 2 rings (SSSR count). The van der Waals surface area contributed by atoms with Crippen LogP contribution in [0, 0.1) is 6.92 Å². The Balaban J connectivity index is 2.34. The third-order valence-corrected chi connectivity index (χ3v) is 2.63. The molecule has 0 saturated carbocycles. The third kappa shape index (κ3) is 2.28. The maximum atomic E-state index is 5.92. The Morgan fingerprint density at radius 3 is 2.56 bits per heavy atom. The zero-order valence-corrected chi connectivity index (χ0v) is 9.75. The van der Waals surface area contributed by atoms with Crippen LogP contribution in [-0.2, 0) is 0 Å². The Bertz CT molecular complexity index is 489. The predicted octanol–water partition coefficient (Wildman–Crippen LogP) is 3.97. The lowest BCUT2D eigenvalue weighted by Crippen LogP contribution is -1.98. The molecular formula is C13H13ClN2. The molecule has 0 unspecified atom stereocenters. The number of hydrogen-bond donors (Lipinski definition) is 2. The Morgan fingerprint density at radius 1 is 1.12 bits per heavy atom. The van der Waals surface area contributed by atoms with Crippen LogP contribution in [0.25, 0.3) is 0 Å². The number of nitrogens with one attached hydrogen (secondary N) is 1. The summed E-state index contributed by atoms with van der Waals surface area (Å²) in [7, 11) is 0. The number of halogens is 1. The fraction of sp³-hybridized carbons (Fsp3) is 0.0769. The highest BCUT2D eigenvalue weighted by Crippen LogP contribution is 2.27. The van der Waals surface area contributed by atoms with Crippen LogP contribution in [-0.4, -0.2) is 0 Å². The fourth-order valence-corrected chi connectivity index (χ4v) is 1.76. The Hall–Kier alpha value is -1.67. The summed E-state index contributed by atoms with van der Waals surface area (Å²) in [4.78, 5) is 0. The van der Waals surface area contributed by atoms with Crippen molar-refractivity contribution in [1.29, 1.82) is 0 Å². The molecule has 3 heteroatoms. The number of hydrogen-bond acceptors (Lipinski definition) is 2. The first kappa shape index (κ1) is 10.8. The number of para-hydroxylation sites is 1. The van der Waals surface area contributed by atoms with E-state index in [1.165, 1.54) is 0 Å². The summed E-state index contributed by atoms with van der Waals surface area (Å²) in [5.41, 5.74) is 9.63. The molecule has 0 aromatic heterocycles. The third-order valence-electron chi connectivity index (χ3n) is 2.40. The van der Waals surface area contributed by atoms with Gasteiger partial charge in [0.05, 0.1) is 11.4 Å². The summed E-state index contributed by atoms with van der Waals surface area (Å²) in [5, 5.41) is 3.98. The molecule has 0 spiro atoms. The molecule has 0 heterocycles. The van der Waals surface area contributed by atoms with E-state index >= 15 is 0 Å². The quantitative estimate of drug-likeness (QED) is 0.769. The van der Waals surface area contributed by atoms with Gasteiger partial charge in [-0.05, 0) is 36.8 Å². The van der Waals surface area contributed by atoms with Crippen molar-refractivity contribution in [3.05, 3.63) is 53.1 Å². The number of anilines is 3. The highest BCUT2D eigenvalue weighted by Gasteiger charge is 2.02. The molecule has 0 amide bonds. The minimum Gasteiger partial charge on any atom is -0.397 e. The second kappa shape index (κ2) is 4.45. The van der Waals surface area contributed by atoms with E-state index in [1.807, 2.05) is 49.4 Å². The van der Waals surface area contributed by atoms with Gasteiger partial charge in [-0.3, -0.25) is 0 Å². The Morgan fingerprint density at radius 2 is 1.88 bits per heavy atom. The molecule has 0 fully saturated rings. The smallest absolute Gasteiger partial charge is 0.0647 e. The van der Waals surface area contributed by atoms with Crippen molar-refractivity contribution in [2.24, 2.45) is 0 Å². The van der Waals surface area contributed by atoms with Gasteiger partial charge in [0.1, 0.15) is 0 Å². The molecule has 3 N–H and O–H groups in total. The molecule has 82 valence electrons. The zero-order valence-electron chi connectivity index (χ0n) is 9.00. The van der Waals surface area contributed by atoms with Gasteiger partial charge >= 0.3 is 0 Å². The maximum absolute atomic E-state index is 5.92. The molecule has 0 saturated heterocycles. The van der Waals surface area contributed by atoms with E-state index in [2.05, 4.69) is 5.32 Å². The normalized spacial score (nSPS) is 10.1. The van der Waals surface area contributed by atoms with Crippen LogP contribution < -0.4 is 11.1 Å². The standard InChI is InChI=1S/C13H13ClN2/c1-9-4-2-7-12(15)13(9)16-11-6-3-5-10(14)8-11/h2-8,16H,15H2,1H3. The molecule has 2 nitrogen and oxygen atoms in total. The molecule has 0 aliphatic rings. The lowest BCUT2D eigenvalue weighted by Gasteiger charge is -2.12. The second-order valence-electron chi connectivity index (χ2n) is 3.67. The van der Waals surface area contributed by atoms with Crippen LogP contribution in [0.3, 0.4) is 0 Å². The van der Waals surface area contributed by atoms with Gasteiger partial charge in [0.25, 0.3) is 0 Å². The van der Waals surface area contributed by atoms with Gasteiger partial charge in [-0.2, -0.15) is 0 Å². The molecule has 16 heavy (non-hydrogen) atoms. The van der Waals surface area contributed by atoms with Gasteiger partial charge in [0.15, 0.2) is 0 Å². The number of benzene rings is 2. The molecule has 0 bridgehead atoms. The van der Waals surface area contributed by atoms with Crippen molar-refractivity contribution in [1.82, 2.24) is 0 Å². The largest absolute Gasteiger partial charge is 0.397 e. The van der Waals surface area contributed by atoms with Gasteiger partial charge in [0.2, 0.25) is 0 Å². The summed E-state index contributed by atoms with van der Waals surface area (Å²) in [6.07, 6.45) is 0. The first-order valence-electron chi connectivity index (χ1n) is 5.04. The van der Waals surface area contributed by atoms with E-state index in [-0.39, 0.29) is 0 Å². The summed E-state index contributed by atoms with van der Waals surface area (Å²) in [6.45, 7) is 2.02. The molecule has 2 aromatic carbocycles. The van der Waals surface area contributed by atoms with Crippen molar-refractivity contribution in [2.45, 2.75) is 6.92 Å². The molecule has 0 aliphatic heterocycles. The topological polar surface area (TPSA) is 38.0 Å². The van der Waals surface area contributed by atoms with Gasteiger partial charge in [0, 0.05) is 10.7 Å². The molecule has 0 atom stereocenters. The van der Waals surface area contributed by atoms with Crippen LogP contribution in [0.5, 0.6) is 0 Å². The molecular weight excluding hydrogens is 220 g/mol. The van der Waals surface area contributed by atoms with Crippen LogP contribution in [0.2, 0.25) is 5.02 Å². The van der Waals surface area contributed by atoms with Crippen molar-refractivity contribution >= 4 is 28.7 Å². The summed E-state index contributed by atoms with van der Waals surface area (Å²) >= 11 is 5.92. The van der Waals surface area contributed by atoms with Crippen LogP contribution >= 0.6 is 11.6 Å². The van der Waals surface area contributed by atoms with Crippen LogP contribution in [0.1, 0.15) is 5.56 Å². The van der Waals surface area contributed by atoms with E-state index in [4.69, 9.17) is 17.3 Å². The van der Waals surface area contributed by atoms with Gasteiger partial charge in [-0.1, -0.05) is 29.8 Å². The van der Waals surface area contributed by atoms with Gasteiger partial charge in [-0.15, -0.1) is 0 Å². The lowest BCUT2D eigenvalue weighted by atomic mass is 10.1. The van der Waals surface area contributed by atoms with Gasteiger partial charge in [-0.25, -0.2) is 0 Å². The highest BCUT2D eigenvalue weighted by atomic mass is 35.5. The lowest BCUT2D eigenvalue weighted by molar-refractivity contribution is 1.43. The summed E-state index contributed by atoms with van der Waals surface area (Å²) in [5.74, 6) is 0. The molecule has 0 aliphatic carbocycles. The number of nitrogens with two attached hydrogens (primary N) is 1. The number of rotatable bonds is 2. The summed E-state index contributed by atoms with van der Waals surface area (Å²) < 4.78 is 0. The second-order valence-corrected chi connectivity index (χ2v) is 4.11. The minimum atomic E-state index is 0.706. The van der Waals surface area contributed by atoms with Crippen molar-refractivity contribution in [2.75, 3.05) is 11.1 Å². The van der Waals surface area contributed by atoms with Crippen LogP contribution in [0.4, 0.5) is 17.1 Å². The first-order valence-corrected chi connectivity index (χ1v) is 5.42. The van der Waals surface area contributed by atoms with Gasteiger partial charge < -0.3 is 11.1 Å². The molecule has 0 radical (unpaired) electrons. The van der Waals surface area contributed by atoms with E-state index in [1.54, 1.807) is 0 Å². The van der Waals surface area contributed by atoms with Crippen molar-refractivity contribution < 1.29 is 0 Å². The Labute approximate surface area is 100 Å². The number of nitrogen functional groups attached to an aromatic ring is 1. The van der Waals surface area contributed by atoms with E-state index in [9.17, 15) is 0 Å². The maximum Gasteiger partial charge on any atom is 0.0647 e. The predicted molar refractivity (Wildman–Crippen MR) is 70.3 cm³/mol. The monoisotopic (exact) mass is 232 g/mol. The summed E-state index contributed by atoms with van der Waals surface area (Å²) in [6, 6.07) is 13.4. The van der Waals surface area contributed by atoms with E-state index < -0.39 is 0 Å². The van der Waals surface area contributed by atoms with Crippen LogP contribution in [0.15, 0.2) is 42.5 Å². The Kier molecular flexibility index (Phi) is 3.02. The highest BCUT2D eigenvalue weighted by molar-refractivity contribution is 6.30. The minimum absolute atomic E-state index is 0.706. The first-order chi connectivity index (χ1) is 7.66. The number of aryl methyl sites for hydroxylation is 1. The fourth-order valence-electron chi connectivity index (χ4n) is 1.57. The molecule has 2 aromatic rings. The van der Waals surface area contributed by atoms with E-state index in [0.29, 0.717) is 5.02 Å². The van der Waals surface area contributed by atoms with Crippen molar-refractivity contribution in [3.8, 4) is 0 Å². The SMILES string of the molecule is Cc1cccc(N)c1Nc1cccc(Cl)c1.